The van der Waals surface area contributed by atoms with Gasteiger partial charge in [-0.05, 0) is 42.1 Å². The highest BCUT2D eigenvalue weighted by Gasteiger charge is 2.05. The van der Waals surface area contributed by atoms with E-state index in [1.54, 1.807) is 18.6 Å². The molecule has 2 amide bonds. The summed E-state index contributed by atoms with van der Waals surface area (Å²) in [5.74, 6) is 1.34. The van der Waals surface area contributed by atoms with Crippen LogP contribution in [-0.4, -0.2) is 38.6 Å². The van der Waals surface area contributed by atoms with E-state index in [1.807, 2.05) is 29.6 Å². The SMILES string of the molecule is COc1ccc(OCCNC(=O)CCCNC(=O)c2ccsc2)cc1. The molecular formula is C18H22N2O4S. The summed E-state index contributed by atoms with van der Waals surface area (Å²) in [6.45, 7) is 1.31. The van der Waals surface area contributed by atoms with Gasteiger partial charge in [0.2, 0.25) is 5.91 Å². The van der Waals surface area contributed by atoms with E-state index in [0.717, 1.165) is 11.5 Å². The quantitative estimate of drug-likeness (QED) is 0.637. The Bertz CT molecular complexity index is 656. The predicted octanol–water partition coefficient (Wildman–Crippen LogP) is 2.46. The van der Waals surface area contributed by atoms with E-state index in [0.29, 0.717) is 38.1 Å². The van der Waals surface area contributed by atoms with Crippen molar-refractivity contribution in [2.24, 2.45) is 0 Å². The molecule has 2 aromatic rings. The Hall–Kier alpha value is -2.54. The lowest BCUT2D eigenvalue weighted by atomic mass is 10.2. The molecule has 0 saturated heterocycles. The lowest BCUT2D eigenvalue weighted by Gasteiger charge is -2.08. The molecule has 0 radical (unpaired) electrons. The van der Waals surface area contributed by atoms with E-state index in [9.17, 15) is 9.59 Å². The number of rotatable bonds is 10. The highest BCUT2D eigenvalue weighted by Crippen LogP contribution is 2.16. The Kier molecular flexibility index (Phi) is 7.78. The van der Waals surface area contributed by atoms with Gasteiger partial charge in [0, 0.05) is 23.9 Å². The second-order valence-corrected chi connectivity index (χ2v) is 6.03. The molecule has 2 N–H and O–H groups in total. The number of thiophene rings is 1. The molecular weight excluding hydrogens is 340 g/mol. The highest BCUT2D eigenvalue weighted by molar-refractivity contribution is 7.08. The molecule has 25 heavy (non-hydrogen) atoms. The number of benzene rings is 1. The minimum atomic E-state index is -0.102. The third-order valence-electron chi connectivity index (χ3n) is 3.40. The maximum absolute atomic E-state index is 11.7. The fraction of sp³-hybridized carbons (Fsp3) is 0.333. The second-order valence-electron chi connectivity index (χ2n) is 5.25. The Morgan fingerprint density at radius 1 is 1.04 bits per heavy atom. The number of hydrogen-bond acceptors (Lipinski definition) is 5. The number of carbonyl (C=O) groups is 2. The first-order valence-electron chi connectivity index (χ1n) is 8.03. The van der Waals surface area contributed by atoms with E-state index in [2.05, 4.69) is 10.6 Å². The van der Waals surface area contributed by atoms with Crippen LogP contribution in [0.4, 0.5) is 0 Å². The van der Waals surface area contributed by atoms with Crippen LogP contribution in [0.15, 0.2) is 41.1 Å². The van der Waals surface area contributed by atoms with Crippen LogP contribution >= 0.6 is 11.3 Å². The van der Waals surface area contributed by atoms with Gasteiger partial charge in [-0.15, -0.1) is 0 Å². The first kappa shape index (κ1) is 18.8. The average molecular weight is 362 g/mol. The van der Waals surface area contributed by atoms with Crippen LogP contribution in [0.3, 0.4) is 0 Å². The number of methoxy groups -OCH3 is 1. The van der Waals surface area contributed by atoms with Crippen LogP contribution in [0.25, 0.3) is 0 Å². The van der Waals surface area contributed by atoms with Gasteiger partial charge in [-0.3, -0.25) is 9.59 Å². The number of carbonyl (C=O) groups excluding carboxylic acids is 2. The van der Waals surface area contributed by atoms with Gasteiger partial charge in [0.1, 0.15) is 18.1 Å². The van der Waals surface area contributed by atoms with Crippen LogP contribution in [0.2, 0.25) is 0 Å². The molecule has 0 fully saturated rings. The maximum Gasteiger partial charge on any atom is 0.252 e. The first-order chi connectivity index (χ1) is 12.2. The van der Waals surface area contributed by atoms with Crippen molar-refractivity contribution in [1.29, 1.82) is 0 Å². The molecule has 0 bridgehead atoms. The van der Waals surface area contributed by atoms with E-state index in [-0.39, 0.29) is 11.8 Å². The minimum absolute atomic E-state index is 0.0527. The van der Waals surface area contributed by atoms with Gasteiger partial charge >= 0.3 is 0 Å². The maximum atomic E-state index is 11.7. The molecule has 0 spiro atoms. The zero-order valence-electron chi connectivity index (χ0n) is 14.1. The normalized spacial score (nSPS) is 10.1. The van der Waals surface area contributed by atoms with Crippen molar-refractivity contribution >= 4 is 23.2 Å². The molecule has 0 aliphatic carbocycles. The average Bonchev–Trinajstić information content (AvgIpc) is 3.17. The summed E-state index contributed by atoms with van der Waals surface area (Å²) >= 11 is 1.48. The zero-order valence-corrected chi connectivity index (χ0v) is 14.9. The van der Waals surface area contributed by atoms with E-state index in [4.69, 9.17) is 9.47 Å². The number of ether oxygens (including phenoxy) is 2. The van der Waals surface area contributed by atoms with Gasteiger partial charge < -0.3 is 20.1 Å². The second kappa shape index (κ2) is 10.4. The molecule has 1 aromatic heterocycles. The molecule has 6 nitrogen and oxygen atoms in total. The van der Waals surface area contributed by atoms with Gasteiger partial charge in [0.05, 0.1) is 13.7 Å². The first-order valence-corrected chi connectivity index (χ1v) is 8.97. The van der Waals surface area contributed by atoms with Gasteiger partial charge in [-0.1, -0.05) is 0 Å². The summed E-state index contributed by atoms with van der Waals surface area (Å²) in [5.41, 5.74) is 0.658. The molecule has 134 valence electrons. The van der Waals surface area contributed by atoms with Crippen molar-refractivity contribution in [1.82, 2.24) is 10.6 Å². The lowest BCUT2D eigenvalue weighted by Crippen LogP contribution is -2.29. The Morgan fingerprint density at radius 3 is 2.48 bits per heavy atom. The van der Waals surface area contributed by atoms with Crippen LogP contribution in [-0.2, 0) is 4.79 Å². The number of hydrogen-bond donors (Lipinski definition) is 2. The predicted molar refractivity (Wildman–Crippen MR) is 97.4 cm³/mol. The van der Waals surface area contributed by atoms with Crippen LogP contribution < -0.4 is 20.1 Å². The Labute approximate surface area is 151 Å². The molecule has 0 aliphatic rings. The van der Waals surface area contributed by atoms with E-state index < -0.39 is 0 Å². The summed E-state index contributed by atoms with van der Waals surface area (Å²) < 4.78 is 10.6. The summed E-state index contributed by atoms with van der Waals surface area (Å²) in [5, 5.41) is 9.24. The summed E-state index contributed by atoms with van der Waals surface area (Å²) in [7, 11) is 1.61. The van der Waals surface area contributed by atoms with Crippen molar-refractivity contribution in [3.63, 3.8) is 0 Å². The monoisotopic (exact) mass is 362 g/mol. The molecule has 2 rings (SSSR count). The largest absolute Gasteiger partial charge is 0.497 e. The van der Waals surface area contributed by atoms with Crippen molar-refractivity contribution in [3.05, 3.63) is 46.7 Å². The third-order valence-corrected chi connectivity index (χ3v) is 4.09. The van der Waals surface area contributed by atoms with Gasteiger partial charge in [-0.2, -0.15) is 11.3 Å². The fourth-order valence-electron chi connectivity index (χ4n) is 2.07. The highest BCUT2D eigenvalue weighted by atomic mass is 32.1. The van der Waals surface area contributed by atoms with E-state index >= 15 is 0 Å². The van der Waals surface area contributed by atoms with Crippen molar-refractivity contribution in [2.45, 2.75) is 12.8 Å². The molecule has 7 heteroatoms. The summed E-state index contributed by atoms with van der Waals surface area (Å²) in [4.78, 5) is 23.4. The van der Waals surface area contributed by atoms with Crippen LogP contribution in [0.1, 0.15) is 23.2 Å². The van der Waals surface area contributed by atoms with Gasteiger partial charge in [0.25, 0.3) is 5.91 Å². The summed E-state index contributed by atoms with van der Waals surface area (Å²) in [6, 6.07) is 9.04. The summed E-state index contributed by atoms with van der Waals surface area (Å²) in [6.07, 6.45) is 0.966. The molecule has 1 heterocycles. The lowest BCUT2D eigenvalue weighted by molar-refractivity contribution is -0.121. The Morgan fingerprint density at radius 2 is 1.80 bits per heavy atom. The van der Waals surface area contributed by atoms with Crippen molar-refractivity contribution < 1.29 is 19.1 Å². The zero-order chi connectivity index (χ0) is 17.9. The van der Waals surface area contributed by atoms with Gasteiger partial charge in [-0.25, -0.2) is 0 Å². The van der Waals surface area contributed by atoms with Crippen LogP contribution in [0, 0.1) is 0 Å². The molecule has 0 aliphatic heterocycles. The fourth-order valence-corrected chi connectivity index (χ4v) is 2.70. The van der Waals surface area contributed by atoms with Crippen molar-refractivity contribution in [3.8, 4) is 11.5 Å². The molecule has 1 aromatic carbocycles. The number of nitrogens with one attached hydrogen (secondary N) is 2. The van der Waals surface area contributed by atoms with E-state index in [1.165, 1.54) is 11.3 Å². The van der Waals surface area contributed by atoms with Crippen molar-refractivity contribution in [2.75, 3.05) is 26.8 Å². The number of amides is 2. The van der Waals surface area contributed by atoms with Crippen LogP contribution in [0.5, 0.6) is 11.5 Å². The third kappa shape index (κ3) is 6.84. The minimum Gasteiger partial charge on any atom is -0.497 e. The van der Waals surface area contributed by atoms with Gasteiger partial charge in [0.15, 0.2) is 0 Å². The Balaban J connectivity index is 1.51. The topological polar surface area (TPSA) is 76.7 Å². The standard InChI is InChI=1S/C18H22N2O4S/c1-23-15-4-6-16(7-5-15)24-11-10-19-17(21)3-2-9-20-18(22)14-8-12-25-13-14/h4-8,12-13H,2-3,9-11H2,1H3,(H,19,21)(H,20,22). The smallest absolute Gasteiger partial charge is 0.252 e. The molecule has 0 saturated carbocycles. The molecule has 0 atom stereocenters. The molecule has 0 unspecified atom stereocenters.